The zero-order valence-electron chi connectivity index (χ0n) is 20.9. The lowest BCUT2D eigenvalue weighted by Gasteiger charge is -2.52. The van der Waals surface area contributed by atoms with Crippen molar-refractivity contribution in [1.29, 1.82) is 0 Å². The summed E-state index contributed by atoms with van der Waals surface area (Å²) in [6, 6.07) is 10.1. The van der Waals surface area contributed by atoms with Crippen molar-refractivity contribution in [2.45, 2.75) is 30.9 Å². The molecule has 0 spiro atoms. The van der Waals surface area contributed by atoms with E-state index >= 15 is 0 Å². The van der Waals surface area contributed by atoms with Crippen LogP contribution in [-0.4, -0.2) is 70.5 Å². The number of rotatable bonds is 4. The van der Waals surface area contributed by atoms with E-state index in [1.165, 1.54) is 6.07 Å². The van der Waals surface area contributed by atoms with Crippen molar-refractivity contribution in [2.24, 2.45) is 23.5 Å². The van der Waals surface area contributed by atoms with Gasteiger partial charge in [0.2, 0.25) is 11.7 Å². The van der Waals surface area contributed by atoms with E-state index in [1.807, 2.05) is 24.3 Å². The first-order chi connectivity index (χ1) is 17.5. The number of hydrogen-bond donors (Lipinski definition) is 4. The molecule has 2 aromatic rings. The molecule has 2 aromatic carbocycles. The van der Waals surface area contributed by atoms with Gasteiger partial charge in [0.25, 0.3) is 0 Å². The number of nitrogens with two attached hydrogens (primary N) is 1. The third-order valence-electron chi connectivity index (χ3n) is 8.35. The van der Waals surface area contributed by atoms with Crippen LogP contribution in [-0.2, 0) is 20.8 Å². The smallest absolute Gasteiger partial charge is 0.228 e. The molecular formula is C28H30N2O7. The molecule has 5 N–H and O–H groups in total. The van der Waals surface area contributed by atoms with Crippen LogP contribution >= 0.6 is 0 Å². The minimum absolute atomic E-state index is 0.0931. The fourth-order valence-electron chi connectivity index (χ4n) is 6.50. The first-order valence-corrected chi connectivity index (χ1v) is 12.2. The summed E-state index contributed by atoms with van der Waals surface area (Å²) in [7, 11) is 5.11. The van der Waals surface area contributed by atoms with Gasteiger partial charge in [0.1, 0.15) is 23.2 Å². The van der Waals surface area contributed by atoms with Crippen molar-refractivity contribution in [3.63, 3.8) is 0 Å². The molecule has 0 heterocycles. The molecule has 5 rings (SSSR count). The van der Waals surface area contributed by atoms with E-state index in [-0.39, 0.29) is 29.7 Å². The number of nitrogens with zero attached hydrogens (tertiary/aromatic N) is 1. The fourth-order valence-corrected chi connectivity index (χ4v) is 6.50. The van der Waals surface area contributed by atoms with Gasteiger partial charge in [-0.2, -0.15) is 0 Å². The summed E-state index contributed by atoms with van der Waals surface area (Å²) >= 11 is 0. The van der Waals surface area contributed by atoms with Crippen LogP contribution in [0, 0.1) is 17.8 Å². The maximum atomic E-state index is 13.9. The molecule has 3 aliphatic carbocycles. The highest BCUT2D eigenvalue weighted by Gasteiger charge is 2.64. The molecule has 0 aromatic heterocycles. The molecule has 37 heavy (non-hydrogen) atoms. The van der Waals surface area contributed by atoms with Crippen LogP contribution in [0.25, 0.3) is 16.9 Å². The van der Waals surface area contributed by atoms with Gasteiger partial charge in [0, 0.05) is 17.5 Å². The number of ketones is 2. The molecule has 1 unspecified atom stereocenters. The Kier molecular flexibility index (Phi) is 5.88. The van der Waals surface area contributed by atoms with E-state index in [1.54, 1.807) is 32.2 Å². The summed E-state index contributed by atoms with van der Waals surface area (Å²) in [5.74, 6) is -5.32. The highest BCUT2D eigenvalue weighted by molar-refractivity contribution is 6.24. The van der Waals surface area contributed by atoms with Crippen LogP contribution in [0.2, 0.25) is 0 Å². The highest BCUT2D eigenvalue weighted by atomic mass is 16.5. The topological polar surface area (TPSA) is 150 Å². The number of fused-ring (bicyclic) bond motifs is 3. The van der Waals surface area contributed by atoms with E-state index in [0.29, 0.717) is 17.7 Å². The number of hydrogen-bond acceptors (Lipinski definition) is 8. The second-order valence-corrected chi connectivity index (χ2v) is 10.4. The predicted octanol–water partition coefficient (Wildman–Crippen LogP) is 1.83. The van der Waals surface area contributed by atoms with E-state index in [2.05, 4.69) is 0 Å². The number of Topliss-reactive ketones (excluding diaryl/α,β-unsaturated/α-hetero) is 2. The number of amides is 1. The highest BCUT2D eigenvalue weighted by Crippen LogP contribution is 2.53. The third-order valence-corrected chi connectivity index (χ3v) is 8.35. The first-order valence-electron chi connectivity index (χ1n) is 12.2. The average molecular weight is 507 g/mol. The van der Waals surface area contributed by atoms with Gasteiger partial charge < -0.3 is 30.7 Å². The molecule has 194 valence electrons. The molecule has 9 nitrogen and oxygen atoms in total. The molecule has 0 aliphatic heterocycles. The number of ether oxygens (including phenoxy) is 1. The Hall–Kier alpha value is -3.69. The van der Waals surface area contributed by atoms with Crippen molar-refractivity contribution in [2.75, 3.05) is 21.2 Å². The molecule has 2 fully saturated rings. The largest absolute Gasteiger partial charge is 0.507 e. The Morgan fingerprint density at radius 2 is 1.76 bits per heavy atom. The van der Waals surface area contributed by atoms with Crippen LogP contribution in [0.3, 0.4) is 0 Å². The van der Waals surface area contributed by atoms with Crippen LogP contribution in [0.15, 0.2) is 42.0 Å². The number of primary amides is 1. The van der Waals surface area contributed by atoms with Gasteiger partial charge in [-0.1, -0.05) is 18.2 Å². The maximum absolute atomic E-state index is 13.9. The van der Waals surface area contributed by atoms with Crippen molar-refractivity contribution in [1.82, 2.24) is 4.90 Å². The van der Waals surface area contributed by atoms with Crippen molar-refractivity contribution < 1.29 is 34.4 Å². The quantitative estimate of drug-likeness (QED) is 0.459. The lowest BCUT2D eigenvalue weighted by molar-refractivity contribution is -0.173. The Morgan fingerprint density at radius 1 is 1.08 bits per heavy atom. The number of aliphatic hydroxyl groups excluding tert-OH is 1. The minimum atomic E-state index is -2.49. The van der Waals surface area contributed by atoms with Crippen LogP contribution in [0.5, 0.6) is 11.5 Å². The normalized spacial score (nSPS) is 29.0. The molecule has 2 saturated carbocycles. The van der Waals surface area contributed by atoms with Crippen LogP contribution in [0.1, 0.15) is 24.0 Å². The summed E-state index contributed by atoms with van der Waals surface area (Å²) in [5.41, 5.74) is 5.30. The van der Waals surface area contributed by atoms with E-state index < -0.39 is 52.6 Å². The Morgan fingerprint density at radius 3 is 2.35 bits per heavy atom. The van der Waals surface area contributed by atoms with Gasteiger partial charge in [-0.05, 0) is 74.2 Å². The SMILES string of the molecule is COc1ccc(-c2ccc(O)c3c2C[C@@H]2C[C@@H]4[C@@H](N(C)C)CC(C(N)=O)C(=O)[C@]4(O)C(=O)C2=C3O)cc1. The van der Waals surface area contributed by atoms with Crippen LogP contribution in [0.4, 0.5) is 0 Å². The summed E-state index contributed by atoms with van der Waals surface area (Å²) in [6.45, 7) is 0. The van der Waals surface area contributed by atoms with E-state index in [9.17, 15) is 29.7 Å². The number of benzene rings is 2. The summed E-state index contributed by atoms with van der Waals surface area (Å²) in [6.07, 6.45) is 0.656. The molecular weight excluding hydrogens is 476 g/mol. The van der Waals surface area contributed by atoms with Gasteiger partial charge >= 0.3 is 0 Å². The zero-order chi connectivity index (χ0) is 26.8. The number of aliphatic hydroxyl groups is 2. The Bertz CT molecular complexity index is 1350. The Balaban J connectivity index is 1.67. The summed E-state index contributed by atoms with van der Waals surface area (Å²) < 4.78 is 5.25. The lowest BCUT2D eigenvalue weighted by Crippen LogP contribution is -2.69. The molecule has 0 bridgehead atoms. The van der Waals surface area contributed by atoms with Gasteiger partial charge in [0.15, 0.2) is 11.4 Å². The van der Waals surface area contributed by atoms with Crippen molar-refractivity contribution in [3.05, 3.63) is 53.1 Å². The van der Waals surface area contributed by atoms with Gasteiger partial charge in [0.05, 0.1) is 12.7 Å². The molecule has 1 amide bonds. The molecule has 0 radical (unpaired) electrons. The van der Waals surface area contributed by atoms with Gasteiger partial charge in [-0.3, -0.25) is 14.4 Å². The second-order valence-electron chi connectivity index (χ2n) is 10.4. The monoisotopic (exact) mass is 506 g/mol. The van der Waals surface area contributed by atoms with Crippen molar-refractivity contribution >= 4 is 23.2 Å². The number of aromatic hydroxyl groups is 1. The Labute approximate surface area is 214 Å². The lowest BCUT2D eigenvalue weighted by atomic mass is 9.55. The molecule has 3 aliphatic rings. The molecule has 5 atom stereocenters. The number of carbonyl (C=O) groups excluding carboxylic acids is 3. The number of methoxy groups -OCH3 is 1. The average Bonchev–Trinajstić information content (AvgIpc) is 2.86. The fraction of sp³-hybridized carbons (Fsp3) is 0.393. The second kappa shape index (κ2) is 8.71. The van der Waals surface area contributed by atoms with E-state index in [4.69, 9.17) is 10.5 Å². The maximum Gasteiger partial charge on any atom is 0.228 e. The zero-order valence-corrected chi connectivity index (χ0v) is 20.9. The number of carbonyl (C=O) groups is 3. The predicted molar refractivity (Wildman–Crippen MR) is 135 cm³/mol. The van der Waals surface area contributed by atoms with Crippen LogP contribution < -0.4 is 10.5 Å². The third kappa shape index (κ3) is 3.56. The van der Waals surface area contributed by atoms with Gasteiger partial charge in [-0.25, -0.2) is 0 Å². The van der Waals surface area contributed by atoms with E-state index in [0.717, 1.165) is 11.1 Å². The minimum Gasteiger partial charge on any atom is -0.507 e. The summed E-state index contributed by atoms with van der Waals surface area (Å²) in [5, 5.41) is 33.7. The first kappa shape index (κ1) is 25.0. The molecule has 0 saturated heterocycles. The standard InChI is InChI=1S/C28H30N2O7/c1-30(2)20-12-18(27(29)35)25(33)28(36)19(20)11-14-10-17-16(13-4-6-15(37-3)7-5-13)8-9-21(31)23(17)24(32)22(14)26(28)34/h4-9,14,18-20,31-32,36H,10-12H2,1-3H3,(H2,29,35)/t14-,18?,19-,20+,28+/m1/s1. The summed E-state index contributed by atoms with van der Waals surface area (Å²) in [4.78, 5) is 41.1. The van der Waals surface area contributed by atoms with Gasteiger partial charge in [-0.15, -0.1) is 0 Å². The number of phenolic OH excluding ortho intramolecular Hbond substituents is 1. The molecule has 9 heteroatoms. The van der Waals surface area contributed by atoms with Crippen molar-refractivity contribution in [3.8, 4) is 22.6 Å². The number of phenols is 1.